The second kappa shape index (κ2) is 9.09. The molecule has 6 nitrogen and oxygen atoms in total. The fraction of sp³-hybridized carbons (Fsp3) is 0.438. The highest BCUT2D eigenvalue weighted by Crippen LogP contribution is 2.21. The van der Waals surface area contributed by atoms with Crippen LogP contribution in [0.3, 0.4) is 0 Å². The molecular formula is C16H22O6Si. The number of benzene rings is 1. The third kappa shape index (κ3) is 7.60. The van der Waals surface area contributed by atoms with E-state index in [0.717, 1.165) is 12.8 Å². The third-order valence-corrected chi connectivity index (χ3v) is 5.70. The minimum atomic E-state index is -3.67. The number of carbonyl (C=O) groups excluding carboxylic acids is 3. The van der Waals surface area contributed by atoms with E-state index in [4.69, 9.17) is 13.3 Å². The summed E-state index contributed by atoms with van der Waals surface area (Å²) in [6, 6.07) is 10.1. The van der Waals surface area contributed by atoms with Crippen molar-refractivity contribution >= 4 is 26.7 Å². The molecule has 1 aromatic rings. The molecule has 0 saturated carbocycles. The SMILES string of the molecule is CC(=O)O[Si](CCCCc1ccccc1)(OC(C)=O)OC(C)=O. The predicted molar refractivity (Wildman–Crippen MR) is 85.2 cm³/mol. The second-order valence-electron chi connectivity index (χ2n) is 5.16. The monoisotopic (exact) mass is 338 g/mol. The van der Waals surface area contributed by atoms with Crippen LogP contribution >= 0.6 is 0 Å². The van der Waals surface area contributed by atoms with Crippen LogP contribution in [0.2, 0.25) is 6.04 Å². The van der Waals surface area contributed by atoms with Gasteiger partial charge in [0.25, 0.3) is 17.9 Å². The standard InChI is InChI=1S/C16H22O6Si/c1-13(17)20-23(21-14(2)18,22-15(3)19)12-8-7-11-16-9-5-4-6-10-16/h4-6,9-10H,7-8,11-12H2,1-3H3. The van der Waals surface area contributed by atoms with E-state index < -0.39 is 26.7 Å². The molecule has 1 rings (SSSR count). The van der Waals surface area contributed by atoms with Crippen LogP contribution in [0.4, 0.5) is 0 Å². The number of rotatable bonds is 8. The van der Waals surface area contributed by atoms with Crippen LogP contribution in [-0.4, -0.2) is 26.7 Å². The van der Waals surface area contributed by atoms with Crippen LogP contribution in [0, 0.1) is 0 Å². The topological polar surface area (TPSA) is 78.9 Å². The number of hydrogen-bond donors (Lipinski definition) is 0. The summed E-state index contributed by atoms with van der Waals surface area (Å²) in [6.45, 7) is 3.58. The molecule has 126 valence electrons. The number of aryl methyl sites for hydroxylation is 1. The molecule has 0 amide bonds. The molecule has 0 N–H and O–H groups in total. The Bertz CT molecular complexity index is 502. The average Bonchev–Trinajstić information content (AvgIpc) is 2.42. The molecule has 7 heteroatoms. The van der Waals surface area contributed by atoms with Gasteiger partial charge in [0.1, 0.15) is 0 Å². The van der Waals surface area contributed by atoms with Crippen LogP contribution < -0.4 is 0 Å². The zero-order valence-electron chi connectivity index (χ0n) is 13.7. The first-order valence-corrected chi connectivity index (χ1v) is 9.39. The van der Waals surface area contributed by atoms with Gasteiger partial charge in [-0.05, 0) is 24.8 Å². The van der Waals surface area contributed by atoms with E-state index in [2.05, 4.69) is 0 Å². The van der Waals surface area contributed by atoms with Gasteiger partial charge in [-0.3, -0.25) is 14.4 Å². The Morgan fingerprint density at radius 3 is 1.74 bits per heavy atom. The summed E-state index contributed by atoms with van der Waals surface area (Å²) in [6.07, 6.45) is 2.24. The van der Waals surface area contributed by atoms with Crippen LogP contribution in [0.5, 0.6) is 0 Å². The van der Waals surface area contributed by atoms with E-state index in [1.165, 1.54) is 26.3 Å². The lowest BCUT2D eigenvalue weighted by atomic mass is 10.1. The van der Waals surface area contributed by atoms with Gasteiger partial charge < -0.3 is 13.3 Å². The van der Waals surface area contributed by atoms with Crippen molar-refractivity contribution in [3.63, 3.8) is 0 Å². The maximum Gasteiger partial charge on any atom is 0.705 e. The fourth-order valence-corrected chi connectivity index (χ4v) is 4.62. The van der Waals surface area contributed by atoms with E-state index in [1.54, 1.807) is 0 Å². The van der Waals surface area contributed by atoms with Crippen molar-refractivity contribution in [2.75, 3.05) is 0 Å². The number of unbranched alkanes of at least 4 members (excludes halogenated alkanes) is 1. The van der Waals surface area contributed by atoms with E-state index in [-0.39, 0.29) is 6.04 Å². The van der Waals surface area contributed by atoms with Gasteiger partial charge in [0.2, 0.25) is 0 Å². The first-order chi connectivity index (χ1) is 10.8. The Morgan fingerprint density at radius 1 is 0.826 bits per heavy atom. The molecule has 23 heavy (non-hydrogen) atoms. The Morgan fingerprint density at radius 2 is 1.30 bits per heavy atom. The molecule has 0 bridgehead atoms. The summed E-state index contributed by atoms with van der Waals surface area (Å²) >= 11 is 0. The minimum absolute atomic E-state index is 0.221. The average molecular weight is 338 g/mol. The lowest BCUT2D eigenvalue weighted by Gasteiger charge is -2.26. The molecule has 0 heterocycles. The van der Waals surface area contributed by atoms with Crippen LogP contribution in [-0.2, 0) is 34.1 Å². The van der Waals surface area contributed by atoms with Crippen molar-refractivity contribution < 1.29 is 27.7 Å². The highest BCUT2D eigenvalue weighted by Gasteiger charge is 2.51. The fourth-order valence-electron chi connectivity index (χ4n) is 2.19. The lowest BCUT2D eigenvalue weighted by Crippen LogP contribution is -2.49. The lowest BCUT2D eigenvalue weighted by molar-refractivity contribution is -0.147. The van der Waals surface area contributed by atoms with Crippen molar-refractivity contribution in [3.05, 3.63) is 35.9 Å². The highest BCUT2D eigenvalue weighted by atomic mass is 28.4. The largest absolute Gasteiger partial charge is 0.705 e. The first kappa shape index (κ1) is 18.9. The molecule has 0 saturated heterocycles. The molecule has 0 atom stereocenters. The second-order valence-corrected chi connectivity index (χ2v) is 7.64. The molecule has 0 unspecified atom stereocenters. The van der Waals surface area contributed by atoms with Gasteiger partial charge in [-0.1, -0.05) is 30.3 Å². The maximum atomic E-state index is 11.3. The van der Waals surface area contributed by atoms with Gasteiger partial charge in [0.15, 0.2) is 0 Å². The van der Waals surface area contributed by atoms with E-state index in [9.17, 15) is 14.4 Å². The normalized spacial score (nSPS) is 10.7. The van der Waals surface area contributed by atoms with Gasteiger partial charge in [0.05, 0.1) is 6.04 Å². The molecule has 0 radical (unpaired) electrons. The Hall–Kier alpha value is -2.15. The summed E-state index contributed by atoms with van der Waals surface area (Å²) in [4.78, 5) is 33.9. The highest BCUT2D eigenvalue weighted by molar-refractivity contribution is 6.65. The Kier molecular flexibility index (Phi) is 7.47. The van der Waals surface area contributed by atoms with E-state index in [1.807, 2.05) is 30.3 Å². The smallest absolute Gasteiger partial charge is 0.455 e. The van der Waals surface area contributed by atoms with Crippen LogP contribution in [0.1, 0.15) is 39.2 Å². The first-order valence-electron chi connectivity index (χ1n) is 7.45. The van der Waals surface area contributed by atoms with Crippen molar-refractivity contribution in [3.8, 4) is 0 Å². The molecule has 0 aromatic heterocycles. The summed E-state index contributed by atoms with van der Waals surface area (Å²) in [5.74, 6) is -1.91. The molecule has 0 aliphatic heterocycles. The minimum Gasteiger partial charge on any atom is -0.455 e. The van der Waals surface area contributed by atoms with Gasteiger partial charge >= 0.3 is 8.80 Å². The zero-order chi connectivity index (χ0) is 17.3. The zero-order valence-corrected chi connectivity index (χ0v) is 14.7. The van der Waals surface area contributed by atoms with E-state index >= 15 is 0 Å². The van der Waals surface area contributed by atoms with Gasteiger partial charge in [0, 0.05) is 20.8 Å². The molecule has 0 fully saturated rings. The Balaban J connectivity index is 2.67. The molecule has 1 aromatic carbocycles. The predicted octanol–water partition coefficient (Wildman–Crippen LogP) is 2.64. The van der Waals surface area contributed by atoms with E-state index in [0.29, 0.717) is 6.42 Å². The van der Waals surface area contributed by atoms with Crippen LogP contribution in [0.25, 0.3) is 0 Å². The molecule has 0 spiro atoms. The van der Waals surface area contributed by atoms with Crippen molar-refractivity contribution in [2.24, 2.45) is 0 Å². The van der Waals surface area contributed by atoms with Crippen molar-refractivity contribution in [1.82, 2.24) is 0 Å². The molecule has 0 aliphatic carbocycles. The maximum absolute atomic E-state index is 11.3. The summed E-state index contributed by atoms with van der Waals surface area (Å²) < 4.78 is 15.4. The van der Waals surface area contributed by atoms with Crippen LogP contribution in [0.15, 0.2) is 30.3 Å². The molecule has 0 aliphatic rings. The summed E-state index contributed by atoms with van der Waals surface area (Å²) in [5.41, 5.74) is 1.19. The summed E-state index contributed by atoms with van der Waals surface area (Å²) in [7, 11) is -3.67. The third-order valence-electron chi connectivity index (χ3n) is 2.94. The number of carbonyl (C=O) groups is 3. The van der Waals surface area contributed by atoms with Crippen molar-refractivity contribution in [2.45, 2.75) is 46.1 Å². The van der Waals surface area contributed by atoms with Gasteiger partial charge in [-0.25, -0.2) is 0 Å². The van der Waals surface area contributed by atoms with Gasteiger partial charge in [-0.15, -0.1) is 0 Å². The van der Waals surface area contributed by atoms with Gasteiger partial charge in [-0.2, -0.15) is 0 Å². The van der Waals surface area contributed by atoms with Crippen molar-refractivity contribution in [1.29, 1.82) is 0 Å². The Labute approximate surface area is 137 Å². The quantitative estimate of drug-likeness (QED) is 0.535. The molecular weight excluding hydrogens is 316 g/mol. The summed E-state index contributed by atoms with van der Waals surface area (Å²) in [5, 5.41) is 0. The number of hydrogen-bond acceptors (Lipinski definition) is 6.